The molecule has 0 aromatic heterocycles. The summed E-state index contributed by atoms with van der Waals surface area (Å²) in [7, 11) is 1.65. The van der Waals surface area contributed by atoms with Crippen molar-refractivity contribution in [2.75, 3.05) is 20.4 Å². The minimum absolute atomic E-state index is 0.0119. The van der Waals surface area contributed by atoms with E-state index in [9.17, 15) is 4.79 Å². The van der Waals surface area contributed by atoms with Crippen LogP contribution in [0.1, 0.15) is 30.0 Å². The summed E-state index contributed by atoms with van der Waals surface area (Å²) >= 11 is 6.20. The first-order valence-electron chi connectivity index (χ1n) is 8.87. The van der Waals surface area contributed by atoms with Gasteiger partial charge in [-0.2, -0.15) is 0 Å². The predicted molar refractivity (Wildman–Crippen MR) is 103 cm³/mol. The first-order chi connectivity index (χ1) is 13.2. The Hall–Kier alpha value is -2.66. The van der Waals surface area contributed by atoms with Gasteiger partial charge in [0.15, 0.2) is 11.5 Å². The number of fused-ring (bicyclic) bond motifs is 1. The Morgan fingerprint density at radius 3 is 2.85 bits per heavy atom. The van der Waals surface area contributed by atoms with Gasteiger partial charge in [0.2, 0.25) is 12.7 Å². The van der Waals surface area contributed by atoms with Crippen molar-refractivity contribution in [1.82, 2.24) is 4.90 Å². The van der Waals surface area contributed by atoms with E-state index in [0.29, 0.717) is 16.5 Å². The summed E-state index contributed by atoms with van der Waals surface area (Å²) in [6.45, 7) is 0.917. The molecule has 2 aromatic rings. The maximum absolute atomic E-state index is 12.8. The van der Waals surface area contributed by atoms with Crippen molar-refractivity contribution in [1.29, 1.82) is 0 Å². The van der Waals surface area contributed by atoms with E-state index in [4.69, 9.17) is 25.8 Å². The van der Waals surface area contributed by atoms with Gasteiger partial charge in [0.05, 0.1) is 18.2 Å². The first-order valence-corrected chi connectivity index (χ1v) is 9.25. The fraction of sp³-hybridized carbons (Fsp3) is 0.286. The highest BCUT2D eigenvalue weighted by Gasteiger charge is 2.28. The quantitative estimate of drug-likeness (QED) is 0.729. The minimum atomic E-state index is -0.0119. The second kappa shape index (κ2) is 7.53. The molecule has 0 saturated carbocycles. The number of methoxy groups -OCH3 is 1. The van der Waals surface area contributed by atoms with Crippen molar-refractivity contribution in [3.8, 4) is 17.2 Å². The zero-order chi connectivity index (χ0) is 18.8. The lowest BCUT2D eigenvalue weighted by Gasteiger charge is -2.24. The largest absolute Gasteiger partial charge is 0.497 e. The van der Waals surface area contributed by atoms with Crippen LogP contribution in [-0.4, -0.2) is 31.3 Å². The van der Waals surface area contributed by atoms with Crippen LogP contribution < -0.4 is 14.2 Å². The number of halogens is 1. The van der Waals surface area contributed by atoms with Crippen molar-refractivity contribution in [3.63, 3.8) is 0 Å². The van der Waals surface area contributed by atoms with Crippen molar-refractivity contribution in [2.24, 2.45) is 0 Å². The Morgan fingerprint density at radius 1 is 1.26 bits per heavy atom. The lowest BCUT2D eigenvalue weighted by molar-refractivity contribution is -0.126. The van der Waals surface area contributed by atoms with Gasteiger partial charge in [-0.3, -0.25) is 4.79 Å². The summed E-state index contributed by atoms with van der Waals surface area (Å²) in [5.74, 6) is 1.96. The first kappa shape index (κ1) is 17.7. The summed E-state index contributed by atoms with van der Waals surface area (Å²) in [4.78, 5) is 14.7. The van der Waals surface area contributed by atoms with Crippen molar-refractivity contribution in [2.45, 2.75) is 18.9 Å². The molecule has 1 fully saturated rings. The lowest BCUT2D eigenvalue weighted by Crippen LogP contribution is -2.28. The van der Waals surface area contributed by atoms with Gasteiger partial charge in [-0.25, -0.2) is 0 Å². The molecule has 1 amide bonds. The molecule has 140 valence electrons. The van der Waals surface area contributed by atoms with Gasteiger partial charge >= 0.3 is 0 Å². The van der Waals surface area contributed by atoms with Gasteiger partial charge < -0.3 is 19.1 Å². The van der Waals surface area contributed by atoms with E-state index in [1.54, 1.807) is 25.3 Å². The summed E-state index contributed by atoms with van der Waals surface area (Å²) in [5.41, 5.74) is 1.93. The monoisotopic (exact) mass is 385 g/mol. The fourth-order valence-electron chi connectivity index (χ4n) is 3.55. The number of likely N-dealkylation sites (tertiary alicyclic amines) is 1. The Labute approximate surface area is 163 Å². The van der Waals surface area contributed by atoms with Crippen molar-refractivity contribution >= 4 is 23.6 Å². The minimum Gasteiger partial charge on any atom is -0.497 e. The number of rotatable bonds is 4. The topological polar surface area (TPSA) is 48.0 Å². The van der Waals surface area contributed by atoms with Crippen LogP contribution in [0.3, 0.4) is 0 Å². The van der Waals surface area contributed by atoms with Crippen LogP contribution in [0.5, 0.6) is 17.2 Å². The maximum Gasteiger partial charge on any atom is 0.247 e. The zero-order valence-corrected chi connectivity index (χ0v) is 15.7. The van der Waals surface area contributed by atoms with Crippen LogP contribution in [-0.2, 0) is 4.79 Å². The predicted octanol–water partition coefficient (Wildman–Crippen LogP) is 4.45. The number of hydrogen-bond donors (Lipinski definition) is 0. The summed E-state index contributed by atoms with van der Waals surface area (Å²) < 4.78 is 15.9. The molecular formula is C21H20ClNO4. The Balaban J connectivity index is 1.50. The molecule has 0 aliphatic carbocycles. The maximum atomic E-state index is 12.8. The number of hydrogen-bond acceptors (Lipinski definition) is 4. The number of benzene rings is 2. The van der Waals surface area contributed by atoms with E-state index in [0.717, 1.165) is 36.3 Å². The second-order valence-corrected chi connectivity index (χ2v) is 6.94. The van der Waals surface area contributed by atoms with Crippen LogP contribution in [0, 0.1) is 0 Å². The molecule has 0 radical (unpaired) electrons. The van der Waals surface area contributed by atoms with Gasteiger partial charge in [-0.15, -0.1) is 0 Å². The van der Waals surface area contributed by atoms with Crippen LogP contribution in [0.25, 0.3) is 6.08 Å². The number of nitrogens with zero attached hydrogens (tertiary/aromatic N) is 1. The van der Waals surface area contributed by atoms with Gasteiger partial charge in [-0.1, -0.05) is 23.7 Å². The van der Waals surface area contributed by atoms with Gasteiger partial charge in [0.25, 0.3) is 0 Å². The number of carbonyl (C=O) groups is 1. The fourth-order valence-corrected chi connectivity index (χ4v) is 3.82. The molecule has 6 heteroatoms. The zero-order valence-electron chi connectivity index (χ0n) is 15.0. The second-order valence-electron chi connectivity index (χ2n) is 6.53. The van der Waals surface area contributed by atoms with Crippen LogP contribution in [0.15, 0.2) is 42.5 Å². The third kappa shape index (κ3) is 3.60. The number of carbonyl (C=O) groups excluding carboxylic acids is 1. The van der Waals surface area contributed by atoms with Crippen LogP contribution in [0.2, 0.25) is 5.02 Å². The third-order valence-corrected chi connectivity index (χ3v) is 5.19. The standard InChI is InChI=1S/C21H20ClNO4/c1-25-16-7-5-15(6-8-16)18-3-2-10-23(18)20(24)9-4-14-11-17(22)21-19(12-14)26-13-27-21/h4-9,11-12,18H,2-3,10,13H2,1H3/b9-4+. The molecule has 0 spiro atoms. The Bertz CT molecular complexity index is 878. The van der Waals surface area contributed by atoms with E-state index in [2.05, 4.69) is 0 Å². The summed E-state index contributed by atoms with van der Waals surface area (Å²) in [6.07, 6.45) is 5.31. The molecule has 0 bridgehead atoms. The van der Waals surface area contributed by atoms with Crippen molar-refractivity contribution < 1.29 is 19.0 Å². The molecule has 2 heterocycles. The molecule has 2 aromatic carbocycles. The molecule has 4 rings (SSSR count). The highest BCUT2D eigenvalue weighted by Crippen LogP contribution is 2.40. The normalized spacial score (nSPS) is 18.3. The molecule has 1 saturated heterocycles. The average Bonchev–Trinajstić information content (AvgIpc) is 3.36. The molecule has 1 unspecified atom stereocenters. The number of amides is 1. The van der Waals surface area contributed by atoms with E-state index < -0.39 is 0 Å². The summed E-state index contributed by atoms with van der Waals surface area (Å²) in [6, 6.07) is 11.6. The molecule has 2 aliphatic rings. The lowest BCUT2D eigenvalue weighted by atomic mass is 10.0. The van der Waals surface area contributed by atoms with Gasteiger partial charge in [0.1, 0.15) is 5.75 Å². The Kier molecular flexibility index (Phi) is 4.94. The summed E-state index contributed by atoms with van der Waals surface area (Å²) in [5, 5.41) is 0.481. The molecule has 1 atom stereocenters. The van der Waals surface area contributed by atoms with E-state index in [1.807, 2.05) is 35.2 Å². The van der Waals surface area contributed by atoms with E-state index in [-0.39, 0.29) is 18.7 Å². The van der Waals surface area contributed by atoms with Crippen LogP contribution >= 0.6 is 11.6 Å². The van der Waals surface area contributed by atoms with Crippen molar-refractivity contribution in [3.05, 3.63) is 58.6 Å². The van der Waals surface area contributed by atoms with E-state index >= 15 is 0 Å². The Morgan fingerprint density at radius 2 is 2.07 bits per heavy atom. The SMILES string of the molecule is COc1ccc(C2CCCN2C(=O)/C=C/c2cc(Cl)c3c(c2)OCO3)cc1. The smallest absolute Gasteiger partial charge is 0.247 e. The highest BCUT2D eigenvalue weighted by molar-refractivity contribution is 6.32. The molecule has 0 N–H and O–H groups in total. The molecule has 27 heavy (non-hydrogen) atoms. The van der Waals surface area contributed by atoms with E-state index in [1.165, 1.54) is 0 Å². The molecular weight excluding hydrogens is 366 g/mol. The third-order valence-electron chi connectivity index (χ3n) is 4.90. The number of ether oxygens (including phenoxy) is 3. The molecule has 5 nitrogen and oxygen atoms in total. The highest BCUT2D eigenvalue weighted by atomic mass is 35.5. The molecule has 2 aliphatic heterocycles. The van der Waals surface area contributed by atoms with Crippen LogP contribution in [0.4, 0.5) is 0 Å². The van der Waals surface area contributed by atoms with Gasteiger partial charge in [-0.05, 0) is 54.3 Å². The average molecular weight is 386 g/mol. The van der Waals surface area contributed by atoms with Gasteiger partial charge in [0, 0.05) is 12.6 Å².